The van der Waals surface area contributed by atoms with Crippen LogP contribution in [0.25, 0.3) is 6.08 Å². The summed E-state index contributed by atoms with van der Waals surface area (Å²) in [5, 5.41) is 9.63. The molecule has 0 bridgehead atoms. The molecule has 4 nitrogen and oxygen atoms in total. The highest BCUT2D eigenvalue weighted by Crippen LogP contribution is 2.26. The van der Waals surface area contributed by atoms with Gasteiger partial charge in [0.15, 0.2) is 11.5 Å². The third kappa shape index (κ3) is 23.3. The maximum absolute atomic E-state index is 11.9. The molecule has 0 unspecified atom stereocenters. The van der Waals surface area contributed by atoms with Crippen molar-refractivity contribution in [1.82, 2.24) is 0 Å². The Bertz CT molecular complexity index is 757. The zero-order chi connectivity index (χ0) is 29.6. The molecule has 0 radical (unpaired) electrons. The van der Waals surface area contributed by atoms with Crippen LogP contribution < -0.4 is 4.74 Å². The molecule has 1 rings (SSSR count). The number of methoxy groups -OCH3 is 1. The molecule has 0 fully saturated rings. The summed E-state index contributed by atoms with van der Waals surface area (Å²) < 4.78 is 10.4. The number of rotatable bonds is 29. The molecule has 0 saturated heterocycles. The second kappa shape index (κ2) is 28.2. The molecule has 0 atom stereocenters. The van der Waals surface area contributed by atoms with Crippen molar-refractivity contribution in [2.24, 2.45) is 0 Å². The van der Waals surface area contributed by atoms with Crippen LogP contribution in [0.2, 0.25) is 0 Å². The van der Waals surface area contributed by atoms with Crippen molar-refractivity contribution < 1.29 is 19.4 Å². The molecule has 236 valence electrons. The third-order valence-corrected chi connectivity index (χ3v) is 8.11. The number of esters is 1. The maximum atomic E-state index is 11.9. The molecule has 0 spiro atoms. The Kier molecular flexibility index (Phi) is 25.5. The van der Waals surface area contributed by atoms with Crippen LogP contribution in [0.15, 0.2) is 24.3 Å². The molecule has 1 N–H and O–H groups in total. The van der Waals surface area contributed by atoms with E-state index in [1.165, 1.54) is 161 Å². The van der Waals surface area contributed by atoms with Crippen molar-refractivity contribution in [3.8, 4) is 11.5 Å². The van der Waals surface area contributed by atoms with Gasteiger partial charge in [0, 0.05) is 6.08 Å². The van der Waals surface area contributed by atoms with Crippen LogP contribution in [0.3, 0.4) is 0 Å². The summed E-state index contributed by atoms with van der Waals surface area (Å²) in [5.74, 6) is 0.134. The summed E-state index contributed by atoms with van der Waals surface area (Å²) in [6.07, 6.45) is 37.7. The molecular formula is C37H64O4. The fraction of sp³-hybridized carbons (Fsp3) is 0.757. The van der Waals surface area contributed by atoms with Crippen molar-refractivity contribution in [3.63, 3.8) is 0 Å². The van der Waals surface area contributed by atoms with E-state index in [2.05, 4.69) is 6.92 Å². The number of benzene rings is 1. The number of carbonyl (C=O) groups excluding carboxylic acids is 1. The van der Waals surface area contributed by atoms with Gasteiger partial charge in [0.05, 0.1) is 13.7 Å². The van der Waals surface area contributed by atoms with E-state index in [0.717, 1.165) is 18.4 Å². The Morgan fingerprint density at radius 3 is 1.41 bits per heavy atom. The van der Waals surface area contributed by atoms with E-state index < -0.39 is 0 Å². The summed E-state index contributed by atoms with van der Waals surface area (Å²) in [4.78, 5) is 11.9. The number of phenolic OH excluding ortho intramolecular Hbond substituents is 1. The van der Waals surface area contributed by atoms with Gasteiger partial charge in [-0.05, 0) is 30.2 Å². The average Bonchev–Trinajstić information content (AvgIpc) is 2.98. The van der Waals surface area contributed by atoms with Crippen molar-refractivity contribution in [3.05, 3.63) is 29.8 Å². The molecule has 0 heterocycles. The van der Waals surface area contributed by atoms with Gasteiger partial charge in [0.2, 0.25) is 0 Å². The first kappa shape index (κ1) is 37.1. The number of phenols is 1. The van der Waals surface area contributed by atoms with Crippen LogP contribution in [0, 0.1) is 0 Å². The largest absolute Gasteiger partial charge is 0.504 e. The van der Waals surface area contributed by atoms with Gasteiger partial charge in [-0.25, -0.2) is 4.79 Å². The van der Waals surface area contributed by atoms with E-state index in [1.54, 1.807) is 24.3 Å². The Morgan fingerprint density at radius 2 is 1.02 bits per heavy atom. The standard InChI is InChI=1S/C37H64O4/c1-3-4-5-6-7-8-9-10-11-12-13-14-15-16-17-18-19-20-21-22-23-24-25-26-27-32-41-37(39)31-29-34-28-30-35(38)36(33-34)40-2/h28-31,33,38H,3-27,32H2,1-2H3. The predicted octanol–water partition coefficient (Wildman–Crippen LogP) is 11.7. The molecule has 0 amide bonds. The summed E-state index contributed by atoms with van der Waals surface area (Å²) in [5.41, 5.74) is 0.779. The second-order valence-corrected chi connectivity index (χ2v) is 11.9. The quantitative estimate of drug-likeness (QED) is 0.0589. The van der Waals surface area contributed by atoms with Crippen molar-refractivity contribution in [2.75, 3.05) is 13.7 Å². The maximum Gasteiger partial charge on any atom is 0.330 e. The fourth-order valence-corrected chi connectivity index (χ4v) is 5.42. The highest BCUT2D eigenvalue weighted by Gasteiger charge is 2.02. The van der Waals surface area contributed by atoms with Crippen LogP contribution in [0.1, 0.15) is 173 Å². The van der Waals surface area contributed by atoms with Gasteiger partial charge < -0.3 is 14.6 Å². The van der Waals surface area contributed by atoms with Gasteiger partial charge in [0.1, 0.15) is 0 Å². The molecule has 1 aromatic rings. The molecule has 41 heavy (non-hydrogen) atoms. The Hall–Kier alpha value is -1.97. The zero-order valence-electron chi connectivity index (χ0n) is 26.9. The monoisotopic (exact) mass is 572 g/mol. The number of aromatic hydroxyl groups is 1. The third-order valence-electron chi connectivity index (χ3n) is 8.11. The van der Waals surface area contributed by atoms with E-state index in [4.69, 9.17) is 9.47 Å². The van der Waals surface area contributed by atoms with Gasteiger partial charge in [-0.2, -0.15) is 0 Å². The molecule has 0 aliphatic carbocycles. The lowest BCUT2D eigenvalue weighted by molar-refractivity contribution is -0.137. The lowest BCUT2D eigenvalue weighted by atomic mass is 10.0. The van der Waals surface area contributed by atoms with Crippen molar-refractivity contribution in [1.29, 1.82) is 0 Å². The van der Waals surface area contributed by atoms with Crippen LogP contribution in [0.4, 0.5) is 0 Å². The number of ether oxygens (including phenoxy) is 2. The minimum absolute atomic E-state index is 0.0813. The van der Waals surface area contributed by atoms with Crippen LogP contribution in [-0.4, -0.2) is 24.8 Å². The molecular weight excluding hydrogens is 508 g/mol. The minimum atomic E-state index is -0.332. The molecule has 0 aliphatic rings. The molecule has 4 heteroatoms. The first-order valence-corrected chi connectivity index (χ1v) is 17.4. The molecule has 0 aromatic heterocycles. The number of hydrogen-bond donors (Lipinski definition) is 1. The van der Waals surface area contributed by atoms with E-state index in [-0.39, 0.29) is 11.7 Å². The van der Waals surface area contributed by atoms with Gasteiger partial charge in [-0.3, -0.25) is 0 Å². The van der Waals surface area contributed by atoms with Gasteiger partial charge in [-0.15, -0.1) is 0 Å². The van der Waals surface area contributed by atoms with Gasteiger partial charge >= 0.3 is 5.97 Å². The van der Waals surface area contributed by atoms with E-state index >= 15 is 0 Å². The smallest absolute Gasteiger partial charge is 0.330 e. The number of hydrogen-bond acceptors (Lipinski definition) is 4. The van der Waals surface area contributed by atoms with E-state index in [0.29, 0.717) is 12.4 Å². The summed E-state index contributed by atoms with van der Waals surface area (Å²) in [6, 6.07) is 4.95. The van der Waals surface area contributed by atoms with Crippen LogP contribution >= 0.6 is 0 Å². The zero-order valence-corrected chi connectivity index (χ0v) is 26.9. The summed E-state index contributed by atoms with van der Waals surface area (Å²) in [7, 11) is 1.50. The highest BCUT2D eigenvalue weighted by atomic mass is 16.5. The van der Waals surface area contributed by atoms with E-state index in [1.807, 2.05) is 0 Å². The van der Waals surface area contributed by atoms with Gasteiger partial charge in [-0.1, -0.05) is 167 Å². The lowest BCUT2D eigenvalue weighted by Crippen LogP contribution is -2.02. The minimum Gasteiger partial charge on any atom is -0.504 e. The van der Waals surface area contributed by atoms with Crippen molar-refractivity contribution >= 4 is 12.0 Å². The SMILES string of the molecule is CCCCCCCCCCCCCCCCCCCCCCCCCCCOC(=O)C=Cc1ccc(O)c(OC)c1. The predicted molar refractivity (Wildman–Crippen MR) is 176 cm³/mol. The topological polar surface area (TPSA) is 55.8 Å². The first-order chi connectivity index (χ1) is 20.2. The second-order valence-electron chi connectivity index (χ2n) is 11.9. The first-order valence-electron chi connectivity index (χ1n) is 17.4. The molecule has 0 saturated carbocycles. The lowest BCUT2D eigenvalue weighted by Gasteiger charge is -2.05. The number of carbonyl (C=O) groups is 1. The Labute approximate surface area is 253 Å². The Morgan fingerprint density at radius 1 is 0.634 bits per heavy atom. The number of unbranched alkanes of at least 4 members (excludes halogenated alkanes) is 24. The molecule has 0 aliphatic heterocycles. The normalized spacial score (nSPS) is 11.4. The highest BCUT2D eigenvalue weighted by molar-refractivity contribution is 5.87. The Balaban J connectivity index is 1.76. The van der Waals surface area contributed by atoms with Crippen LogP contribution in [0.5, 0.6) is 11.5 Å². The summed E-state index contributed by atoms with van der Waals surface area (Å²) >= 11 is 0. The van der Waals surface area contributed by atoms with Gasteiger partial charge in [0.25, 0.3) is 0 Å². The average molecular weight is 573 g/mol. The fourth-order valence-electron chi connectivity index (χ4n) is 5.42. The van der Waals surface area contributed by atoms with Crippen LogP contribution in [-0.2, 0) is 9.53 Å². The van der Waals surface area contributed by atoms with Crippen molar-refractivity contribution in [2.45, 2.75) is 167 Å². The molecule has 1 aromatic carbocycles. The summed E-state index contributed by atoms with van der Waals surface area (Å²) in [6.45, 7) is 2.77. The van der Waals surface area contributed by atoms with E-state index in [9.17, 15) is 9.90 Å².